The summed E-state index contributed by atoms with van der Waals surface area (Å²) in [6.07, 6.45) is 0. The van der Waals surface area contributed by atoms with Crippen LogP contribution >= 0.6 is 0 Å². The van der Waals surface area contributed by atoms with Crippen molar-refractivity contribution in [1.29, 1.82) is 0 Å². The highest BCUT2D eigenvalue weighted by molar-refractivity contribution is 6.03. The Kier molecular flexibility index (Phi) is 3.48. The quantitative estimate of drug-likeness (QED) is 0.588. The van der Waals surface area contributed by atoms with Gasteiger partial charge in [0.15, 0.2) is 0 Å². The second-order valence-electron chi connectivity index (χ2n) is 5.38. The van der Waals surface area contributed by atoms with Gasteiger partial charge >= 0.3 is 0 Å². The fraction of sp³-hybridized carbons (Fsp3) is 0.357. The van der Waals surface area contributed by atoms with Crippen LogP contribution in [0.5, 0.6) is 0 Å². The predicted octanol–water partition coefficient (Wildman–Crippen LogP) is 0.0314. The van der Waals surface area contributed by atoms with Crippen LogP contribution in [0.25, 0.3) is 0 Å². The predicted molar refractivity (Wildman–Crippen MR) is 73.6 cm³/mol. The molecule has 0 atom stereocenters. The van der Waals surface area contributed by atoms with E-state index in [1.807, 2.05) is 0 Å². The molecular formula is C14H17N3O3. The Bertz CT molecular complexity index is 548. The highest BCUT2D eigenvalue weighted by atomic mass is 16.2. The number of carbonyl (C=O) groups excluding carboxylic acids is 3. The lowest BCUT2D eigenvalue weighted by molar-refractivity contribution is -0.148. The average molecular weight is 275 g/mol. The molecule has 0 saturated carbocycles. The summed E-state index contributed by atoms with van der Waals surface area (Å²) in [5.74, 6) is -1.17. The van der Waals surface area contributed by atoms with Crippen LogP contribution in [0, 0.1) is 0 Å². The van der Waals surface area contributed by atoms with Gasteiger partial charge in [0.1, 0.15) is 13.1 Å². The van der Waals surface area contributed by atoms with Gasteiger partial charge < -0.3 is 10.6 Å². The maximum Gasteiger partial charge on any atom is 0.246 e. The van der Waals surface area contributed by atoms with Crippen molar-refractivity contribution in [2.45, 2.75) is 19.3 Å². The van der Waals surface area contributed by atoms with E-state index in [9.17, 15) is 14.4 Å². The normalized spacial score (nSPS) is 16.0. The first-order chi connectivity index (χ1) is 9.30. The maximum atomic E-state index is 12.6. The van der Waals surface area contributed by atoms with Crippen molar-refractivity contribution in [2.75, 3.05) is 18.8 Å². The molecule has 1 heterocycles. The number of nitrogens with two attached hydrogens (primary N) is 1. The summed E-state index contributed by atoms with van der Waals surface area (Å²) in [6.45, 7) is 3.33. The first-order valence-corrected chi connectivity index (χ1v) is 6.29. The average Bonchev–Trinajstić information content (AvgIpc) is 2.37. The van der Waals surface area contributed by atoms with Gasteiger partial charge in [-0.2, -0.15) is 0 Å². The zero-order chi connectivity index (χ0) is 14.9. The summed E-state index contributed by atoms with van der Waals surface area (Å²) in [5, 5.41) is 2.17. The highest BCUT2D eigenvalue weighted by Crippen LogP contribution is 2.26. The van der Waals surface area contributed by atoms with Gasteiger partial charge in [0.25, 0.3) is 0 Å². The van der Waals surface area contributed by atoms with E-state index < -0.39 is 17.2 Å². The molecule has 0 aromatic heterocycles. The van der Waals surface area contributed by atoms with E-state index in [0.717, 1.165) is 5.56 Å². The van der Waals surface area contributed by atoms with E-state index in [0.29, 0.717) is 5.69 Å². The largest absolute Gasteiger partial charge is 0.399 e. The molecule has 6 nitrogen and oxygen atoms in total. The molecule has 1 aliphatic heterocycles. The summed E-state index contributed by atoms with van der Waals surface area (Å²) >= 11 is 0. The number of nitrogen functional groups attached to an aromatic ring is 1. The van der Waals surface area contributed by atoms with Gasteiger partial charge in [-0.15, -0.1) is 0 Å². The van der Waals surface area contributed by atoms with Gasteiger partial charge in [-0.05, 0) is 31.5 Å². The monoisotopic (exact) mass is 275 g/mol. The van der Waals surface area contributed by atoms with Gasteiger partial charge in [0.05, 0.1) is 5.41 Å². The van der Waals surface area contributed by atoms with E-state index in [4.69, 9.17) is 5.73 Å². The number of rotatable bonds is 2. The van der Waals surface area contributed by atoms with Crippen molar-refractivity contribution in [3.8, 4) is 0 Å². The van der Waals surface area contributed by atoms with E-state index >= 15 is 0 Å². The zero-order valence-corrected chi connectivity index (χ0v) is 11.5. The highest BCUT2D eigenvalue weighted by Gasteiger charge is 2.37. The molecule has 2 rings (SSSR count). The van der Waals surface area contributed by atoms with Crippen molar-refractivity contribution in [3.05, 3.63) is 29.8 Å². The summed E-state index contributed by atoms with van der Waals surface area (Å²) in [7, 11) is 0. The van der Waals surface area contributed by atoms with Crippen LogP contribution < -0.4 is 11.1 Å². The Morgan fingerprint density at radius 1 is 1.15 bits per heavy atom. The first kappa shape index (κ1) is 14.0. The van der Waals surface area contributed by atoms with Gasteiger partial charge in [-0.1, -0.05) is 12.1 Å². The number of carbonyl (C=O) groups is 3. The molecule has 1 fully saturated rings. The van der Waals surface area contributed by atoms with Crippen LogP contribution in [0.1, 0.15) is 19.4 Å². The SMILES string of the molecule is CC(C)(C(=O)N1CC(=O)NC(=O)C1)c1ccc(N)cc1. The molecule has 0 radical (unpaired) electrons. The molecular weight excluding hydrogens is 258 g/mol. The smallest absolute Gasteiger partial charge is 0.246 e. The molecule has 1 saturated heterocycles. The lowest BCUT2D eigenvalue weighted by Gasteiger charge is -2.33. The Morgan fingerprint density at radius 2 is 1.65 bits per heavy atom. The minimum atomic E-state index is -0.828. The van der Waals surface area contributed by atoms with Crippen molar-refractivity contribution >= 4 is 23.4 Å². The van der Waals surface area contributed by atoms with Crippen LogP contribution in [0.3, 0.4) is 0 Å². The van der Waals surface area contributed by atoms with Crippen LogP contribution in [-0.2, 0) is 19.8 Å². The van der Waals surface area contributed by atoms with E-state index in [1.165, 1.54) is 4.90 Å². The Morgan fingerprint density at radius 3 is 2.15 bits per heavy atom. The molecule has 106 valence electrons. The molecule has 0 spiro atoms. The lowest BCUT2D eigenvalue weighted by atomic mass is 9.83. The third-order valence-electron chi connectivity index (χ3n) is 3.40. The fourth-order valence-corrected chi connectivity index (χ4v) is 2.20. The van der Waals surface area contributed by atoms with Gasteiger partial charge in [0.2, 0.25) is 17.7 Å². The molecule has 6 heteroatoms. The number of hydrogen-bond acceptors (Lipinski definition) is 4. The molecule has 0 aliphatic carbocycles. The van der Waals surface area contributed by atoms with Crippen LogP contribution in [-0.4, -0.2) is 35.7 Å². The van der Waals surface area contributed by atoms with Gasteiger partial charge in [0, 0.05) is 5.69 Å². The number of anilines is 1. The van der Waals surface area contributed by atoms with Gasteiger partial charge in [-0.3, -0.25) is 19.7 Å². The summed E-state index contributed by atoms with van der Waals surface area (Å²) in [6, 6.07) is 7.00. The standard InChI is InChI=1S/C14H17N3O3/c1-14(2,9-3-5-10(15)6-4-9)13(20)17-7-11(18)16-12(19)8-17/h3-6H,7-8,15H2,1-2H3,(H,16,18,19). The molecule has 3 amide bonds. The topological polar surface area (TPSA) is 92.5 Å². The third kappa shape index (κ3) is 2.64. The van der Waals surface area contributed by atoms with Crippen molar-refractivity contribution in [2.24, 2.45) is 0 Å². The van der Waals surface area contributed by atoms with E-state index in [2.05, 4.69) is 5.32 Å². The van der Waals surface area contributed by atoms with Crippen molar-refractivity contribution < 1.29 is 14.4 Å². The molecule has 0 unspecified atom stereocenters. The number of nitrogens with zero attached hydrogens (tertiary/aromatic N) is 1. The van der Waals surface area contributed by atoms with Crippen molar-refractivity contribution in [3.63, 3.8) is 0 Å². The van der Waals surface area contributed by atoms with Gasteiger partial charge in [-0.25, -0.2) is 0 Å². The fourth-order valence-electron chi connectivity index (χ4n) is 2.20. The minimum absolute atomic E-state index is 0.0943. The van der Waals surface area contributed by atoms with Crippen LogP contribution in [0.4, 0.5) is 5.69 Å². The second-order valence-corrected chi connectivity index (χ2v) is 5.38. The van der Waals surface area contributed by atoms with Crippen molar-refractivity contribution in [1.82, 2.24) is 10.2 Å². The number of imide groups is 1. The second kappa shape index (κ2) is 4.96. The Balaban J connectivity index is 2.24. The van der Waals surface area contributed by atoms with E-state index in [-0.39, 0.29) is 19.0 Å². The molecule has 20 heavy (non-hydrogen) atoms. The summed E-state index contributed by atoms with van der Waals surface area (Å²) in [5.41, 5.74) is 6.21. The maximum absolute atomic E-state index is 12.6. The number of amides is 3. The Hall–Kier alpha value is -2.37. The number of benzene rings is 1. The molecule has 3 N–H and O–H groups in total. The number of nitrogens with one attached hydrogen (secondary N) is 1. The number of hydrogen-bond donors (Lipinski definition) is 2. The van der Waals surface area contributed by atoms with Crippen LogP contribution in [0.15, 0.2) is 24.3 Å². The summed E-state index contributed by atoms with van der Waals surface area (Å²) < 4.78 is 0. The molecule has 0 bridgehead atoms. The first-order valence-electron chi connectivity index (χ1n) is 6.29. The third-order valence-corrected chi connectivity index (χ3v) is 3.40. The Labute approximate surface area is 116 Å². The number of piperazine rings is 1. The zero-order valence-electron chi connectivity index (χ0n) is 11.5. The summed E-state index contributed by atoms with van der Waals surface area (Å²) in [4.78, 5) is 36.5. The molecule has 1 aromatic rings. The minimum Gasteiger partial charge on any atom is -0.399 e. The molecule has 1 aromatic carbocycles. The lowest BCUT2D eigenvalue weighted by Crippen LogP contribution is -2.56. The molecule has 1 aliphatic rings. The van der Waals surface area contributed by atoms with E-state index in [1.54, 1.807) is 38.1 Å². The van der Waals surface area contributed by atoms with Crippen LogP contribution in [0.2, 0.25) is 0 Å².